The summed E-state index contributed by atoms with van der Waals surface area (Å²) in [6.45, 7) is 4.09. The lowest BCUT2D eigenvalue weighted by Gasteiger charge is -2.31. The van der Waals surface area contributed by atoms with E-state index in [0.29, 0.717) is 17.2 Å². The highest BCUT2D eigenvalue weighted by atomic mass is 79.9. The van der Waals surface area contributed by atoms with Gasteiger partial charge < -0.3 is 15.0 Å². The lowest BCUT2D eigenvalue weighted by Crippen LogP contribution is -2.52. The molecule has 0 aromatic heterocycles. The van der Waals surface area contributed by atoms with E-state index in [4.69, 9.17) is 16.3 Å². The van der Waals surface area contributed by atoms with Crippen LogP contribution in [-0.2, 0) is 22.6 Å². The van der Waals surface area contributed by atoms with Crippen LogP contribution in [0, 0.1) is 0 Å². The van der Waals surface area contributed by atoms with Crippen LogP contribution in [-0.4, -0.2) is 35.4 Å². The SMILES string of the molecule is CCc1ccc(OCC(=O)N(Cc2ccccc2Cl)[C@H](CC)C(=O)NC2CCCC2)c(Br)c1. The summed E-state index contributed by atoms with van der Waals surface area (Å²) in [4.78, 5) is 28.1. The molecule has 0 spiro atoms. The number of hydrogen-bond donors (Lipinski definition) is 1. The number of nitrogens with one attached hydrogen (secondary N) is 1. The van der Waals surface area contributed by atoms with E-state index >= 15 is 0 Å². The maximum atomic E-state index is 13.4. The smallest absolute Gasteiger partial charge is 0.261 e. The van der Waals surface area contributed by atoms with E-state index < -0.39 is 6.04 Å². The first-order chi connectivity index (χ1) is 15.9. The Morgan fingerprint density at radius 2 is 1.91 bits per heavy atom. The summed E-state index contributed by atoms with van der Waals surface area (Å²) in [5.74, 6) is 0.231. The van der Waals surface area contributed by atoms with E-state index in [9.17, 15) is 9.59 Å². The highest BCUT2D eigenvalue weighted by Crippen LogP contribution is 2.27. The number of amides is 2. The van der Waals surface area contributed by atoms with Crippen molar-refractivity contribution < 1.29 is 14.3 Å². The van der Waals surface area contributed by atoms with E-state index in [2.05, 4.69) is 28.2 Å². The Morgan fingerprint density at radius 1 is 1.18 bits per heavy atom. The molecule has 2 aromatic rings. The molecule has 33 heavy (non-hydrogen) atoms. The average Bonchev–Trinajstić information content (AvgIpc) is 3.32. The van der Waals surface area contributed by atoms with Crippen LogP contribution in [0.5, 0.6) is 5.75 Å². The van der Waals surface area contributed by atoms with Crippen molar-refractivity contribution in [2.45, 2.75) is 71.0 Å². The Kier molecular flexibility index (Phi) is 9.63. The largest absolute Gasteiger partial charge is 0.483 e. The molecular weight excluding hydrogens is 504 g/mol. The number of hydrogen-bond acceptors (Lipinski definition) is 3. The molecule has 0 radical (unpaired) electrons. The summed E-state index contributed by atoms with van der Waals surface area (Å²) in [5, 5.41) is 3.72. The molecule has 0 heterocycles. The first-order valence-corrected chi connectivity index (χ1v) is 12.8. The third-order valence-corrected chi connectivity index (χ3v) is 7.13. The predicted octanol–water partition coefficient (Wildman–Crippen LogP) is 5.91. The third kappa shape index (κ3) is 6.97. The molecule has 2 aromatic carbocycles. The standard InChI is InChI=1S/C26H32BrClN2O3/c1-3-18-13-14-24(21(27)15-18)33-17-25(31)30(16-19-9-5-8-12-22(19)28)23(4-2)26(32)29-20-10-6-7-11-20/h5,8-9,12-15,20,23H,3-4,6-7,10-11,16-17H2,1-2H3,(H,29,32)/t23-/m1/s1. The normalized spacial score (nSPS) is 14.7. The van der Waals surface area contributed by atoms with E-state index in [0.717, 1.165) is 42.1 Å². The van der Waals surface area contributed by atoms with Crippen molar-refractivity contribution >= 4 is 39.3 Å². The van der Waals surface area contributed by atoms with Crippen molar-refractivity contribution in [1.82, 2.24) is 10.2 Å². The van der Waals surface area contributed by atoms with Gasteiger partial charge in [0, 0.05) is 17.6 Å². The molecule has 5 nitrogen and oxygen atoms in total. The van der Waals surface area contributed by atoms with E-state index in [1.54, 1.807) is 11.0 Å². The molecule has 2 amide bonds. The fraction of sp³-hybridized carbons (Fsp3) is 0.462. The first-order valence-electron chi connectivity index (χ1n) is 11.7. The van der Waals surface area contributed by atoms with Crippen LogP contribution < -0.4 is 10.1 Å². The van der Waals surface area contributed by atoms with Gasteiger partial charge in [0.2, 0.25) is 5.91 Å². The number of ether oxygens (including phenoxy) is 1. The Morgan fingerprint density at radius 3 is 2.55 bits per heavy atom. The zero-order valence-corrected chi connectivity index (χ0v) is 21.6. The van der Waals surface area contributed by atoms with Gasteiger partial charge in [-0.1, -0.05) is 62.6 Å². The zero-order chi connectivity index (χ0) is 23.8. The molecule has 3 rings (SSSR count). The molecule has 1 N–H and O–H groups in total. The summed E-state index contributed by atoms with van der Waals surface area (Å²) < 4.78 is 6.66. The maximum absolute atomic E-state index is 13.4. The number of aryl methyl sites for hydroxylation is 1. The van der Waals surface area contributed by atoms with Crippen LogP contribution in [0.3, 0.4) is 0 Å². The summed E-state index contributed by atoms with van der Waals surface area (Å²) in [5.41, 5.74) is 1.98. The number of benzene rings is 2. The van der Waals surface area contributed by atoms with Crippen molar-refractivity contribution in [1.29, 1.82) is 0 Å². The maximum Gasteiger partial charge on any atom is 0.261 e. The molecular formula is C26H32BrClN2O3. The monoisotopic (exact) mass is 534 g/mol. The van der Waals surface area contributed by atoms with Crippen LogP contribution in [0.15, 0.2) is 46.9 Å². The minimum Gasteiger partial charge on any atom is -0.483 e. The number of carbonyl (C=O) groups excluding carboxylic acids is 2. The second-order valence-electron chi connectivity index (χ2n) is 8.43. The number of rotatable bonds is 10. The minimum absolute atomic E-state index is 0.113. The molecule has 1 atom stereocenters. The first kappa shape index (κ1) is 25.6. The van der Waals surface area contributed by atoms with Crippen molar-refractivity contribution in [3.8, 4) is 5.75 Å². The molecule has 1 saturated carbocycles. The second kappa shape index (κ2) is 12.4. The van der Waals surface area contributed by atoms with Crippen LogP contribution in [0.25, 0.3) is 0 Å². The summed E-state index contributed by atoms with van der Waals surface area (Å²) >= 11 is 9.91. The number of halogens is 2. The van der Waals surface area contributed by atoms with E-state index in [1.165, 1.54) is 5.56 Å². The van der Waals surface area contributed by atoms with Crippen molar-refractivity contribution in [2.75, 3.05) is 6.61 Å². The Balaban J connectivity index is 1.78. The molecule has 0 aliphatic heterocycles. The molecule has 7 heteroatoms. The summed E-state index contributed by atoms with van der Waals surface area (Å²) in [7, 11) is 0. The molecule has 1 fully saturated rings. The topological polar surface area (TPSA) is 58.6 Å². The Labute approximate surface area is 210 Å². The molecule has 1 aliphatic carbocycles. The predicted molar refractivity (Wildman–Crippen MR) is 135 cm³/mol. The van der Waals surface area contributed by atoms with Gasteiger partial charge in [0.05, 0.1) is 4.47 Å². The van der Waals surface area contributed by atoms with E-state index in [-0.39, 0.29) is 31.0 Å². The van der Waals surface area contributed by atoms with E-state index in [1.807, 2.05) is 43.3 Å². The third-order valence-electron chi connectivity index (χ3n) is 6.14. The van der Waals surface area contributed by atoms with Gasteiger partial charge in [-0.3, -0.25) is 9.59 Å². The highest BCUT2D eigenvalue weighted by Gasteiger charge is 2.31. The van der Waals surface area contributed by atoms with Crippen LogP contribution in [0.2, 0.25) is 5.02 Å². The van der Waals surface area contributed by atoms with Crippen molar-refractivity contribution in [3.05, 3.63) is 63.1 Å². The average molecular weight is 536 g/mol. The Hall–Kier alpha value is -2.05. The number of carbonyl (C=O) groups is 2. The van der Waals surface area contributed by atoms with Gasteiger partial charge in [-0.25, -0.2) is 0 Å². The Bertz CT molecular complexity index is 962. The van der Waals surface area contributed by atoms with Crippen LogP contribution >= 0.6 is 27.5 Å². The summed E-state index contributed by atoms with van der Waals surface area (Å²) in [6, 6.07) is 12.8. The highest BCUT2D eigenvalue weighted by molar-refractivity contribution is 9.10. The molecule has 178 valence electrons. The minimum atomic E-state index is -0.594. The second-order valence-corrected chi connectivity index (χ2v) is 9.70. The molecule has 0 saturated heterocycles. The van der Waals surface area contributed by atoms with Gasteiger partial charge in [-0.2, -0.15) is 0 Å². The van der Waals surface area contributed by atoms with Gasteiger partial charge in [-0.15, -0.1) is 0 Å². The van der Waals surface area contributed by atoms with Gasteiger partial charge in [-0.05, 0) is 70.9 Å². The number of nitrogens with zero attached hydrogens (tertiary/aromatic N) is 1. The van der Waals surface area contributed by atoms with Gasteiger partial charge >= 0.3 is 0 Å². The van der Waals surface area contributed by atoms with Gasteiger partial charge in [0.1, 0.15) is 11.8 Å². The van der Waals surface area contributed by atoms with Crippen molar-refractivity contribution in [2.24, 2.45) is 0 Å². The molecule has 1 aliphatic rings. The van der Waals surface area contributed by atoms with Gasteiger partial charge in [0.25, 0.3) is 5.91 Å². The van der Waals surface area contributed by atoms with Crippen molar-refractivity contribution in [3.63, 3.8) is 0 Å². The molecule has 0 unspecified atom stereocenters. The van der Waals surface area contributed by atoms with Crippen LogP contribution in [0.1, 0.15) is 57.1 Å². The summed E-state index contributed by atoms with van der Waals surface area (Å²) in [6.07, 6.45) is 5.66. The fourth-order valence-electron chi connectivity index (χ4n) is 4.20. The molecule has 0 bridgehead atoms. The fourth-order valence-corrected chi connectivity index (χ4v) is 4.94. The van der Waals surface area contributed by atoms with Crippen LogP contribution in [0.4, 0.5) is 0 Å². The lowest BCUT2D eigenvalue weighted by atomic mass is 10.1. The zero-order valence-electron chi connectivity index (χ0n) is 19.3. The quantitative estimate of drug-likeness (QED) is 0.411. The van der Waals surface area contributed by atoms with Gasteiger partial charge in [0.15, 0.2) is 6.61 Å². The lowest BCUT2D eigenvalue weighted by molar-refractivity contribution is -0.143.